The predicted octanol–water partition coefficient (Wildman–Crippen LogP) is 2.37. The molecule has 0 heterocycles. The minimum absolute atomic E-state index is 0.00318. The Labute approximate surface area is 336 Å². The van der Waals surface area contributed by atoms with Crippen LogP contribution in [0.15, 0.2) is 54.1 Å². The molecule has 19 nitrogen and oxygen atoms in total. The molecule has 0 aliphatic heterocycles. The summed E-state index contributed by atoms with van der Waals surface area (Å²) in [6.07, 6.45) is 0.982. The maximum absolute atomic E-state index is 17.3. The number of hydrogen-bond donors (Lipinski definition) is 7. The van der Waals surface area contributed by atoms with Gasteiger partial charge < -0.3 is 44.7 Å². The van der Waals surface area contributed by atoms with Crippen molar-refractivity contribution in [2.75, 3.05) is 26.4 Å². The van der Waals surface area contributed by atoms with Crippen LogP contribution in [0.4, 0.5) is 14.0 Å². The van der Waals surface area contributed by atoms with E-state index in [1.165, 1.54) is 55.5 Å². The van der Waals surface area contributed by atoms with Gasteiger partial charge in [0.2, 0.25) is 5.78 Å². The van der Waals surface area contributed by atoms with Crippen molar-refractivity contribution in [3.8, 4) is 5.75 Å². The van der Waals surface area contributed by atoms with Gasteiger partial charge in [-0.25, -0.2) is 23.6 Å². The Morgan fingerprint density at radius 1 is 1.00 bits per heavy atom. The number of aliphatic hydroxyl groups is 3. The first kappa shape index (κ1) is 45.0. The number of ether oxygens (including phenoxy) is 4. The molecular formula is C39H47FN2O17. The van der Waals surface area contributed by atoms with E-state index in [9.17, 15) is 49.2 Å². The Morgan fingerprint density at radius 2 is 1.69 bits per heavy atom. The normalized spacial score (nSPS) is 31.3. The lowest BCUT2D eigenvalue weighted by atomic mass is 9.44. The van der Waals surface area contributed by atoms with Gasteiger partial charge in [-0.3, -0.25) is 24.8 Å². The minimum atomic E-state index is -2.60. The quantitative estimate of drug-likeness (QED) is 0.0314. The van der Waals surface area contributed by atoms with Crippen molar-refractivity contribution in [2.45, 2.75) is 81.9 Å². The number of esters is 1. The number of unbranched alkanes of at least 4 members (excludes halogenated alkanes) is 1. The summed E-state index contributed by atoms with van der Waals surface area (Å²) in [7, 11) is 0. The summed E-state index contributed by atoms with van der Waals surface area (Å²) in [5, 5.41) is 62.4. The summed E-state index contributed by atoms with van der Waals surface area (Å²) in [4.78, 5) is 78.7. The Bertz CT molecular complexity index is 1890. The molecule has 9 atom stereocenters. The number of allylic oxidation sites excluding steroid dienone is 4. The summed E-state index contributed by atoms with van der Waals surface area (Å²) in [5.74, 6) is -5.53. The first-order chi connectivity index (χ1) is 27.8. The fourth-order valence-electron chi connectivity index (χ4n) is 8.99. The van der Waals surface area contributed by atoms with E-state index in [1.807, 2.05) is 5.32 Å². The number of nitrogens with one attached hydrogen (secondary N) is 1. The summed E-state index contributed by atoms with van der Waals surface area (Å²) in [6, 6.07) is 3.76. The van der Waals surface area contributed by atoms with Crippen LogP contribution in [-0.4, -0.2) is 128 Å². The number of fused-ring (bicyclic) bond motifs is 5. The molecule has 2 unspecified atom stereocenters. The van der Waals surface area contributed by atoms with Crippen LogP contribution in [0.1, 0.15) is 57.9 Å². The highest BCUT2D eigenvalue weighted by molar-refractivity contribution is 6.01. The first-order valence-corrected chi connectivity index (χ1v) is 18.8. The molecule has 20 heteroatoms. The van der Waals surface area contributed by atoms with Crippen LogP contribution in [-0.2, 0) is 38.2 Å². The summed E-state index contributed by atoms with van der Waals surface area (Å²) in [5.41, 5.74) is -6.78. The van der Waals surface area contributed by atoms with Crippen molar-refractivity contribution < 1.29 is 87.8 Å². The van der Waals surface area contributed by atoms with Crippen LogP contribution in [0, 0.1) is 22.7 Å². The zero-order valence-electron chi connectivity index (χ0n) is 32.2. The van der Waals surface area contributed by atoms with E-state index in [0.29, 0.717) is 30.4 Å². The number of carbonyl (C=O) groups is 6. The first-order valence-electron chi connectivity index (χ1n) is 18.8. The number of carboxylic acids is 1. The number of nitrogens with zero attached hydrogens (tertiary/aromatic N) is 1. The number of carboxylic acid groups (broad SMARTS) is 1. The van der Waals surface area contributed by atoms with Gasteiger partial charge in [-0.05, 0) is 87.3 Å². The molecule has 322 valence electrons. The Morgan fingerprint density at radius 3 is 2.37 bits per heavy atom. The average molecular weight is 835 g/mol. The van der Waals surface area contributed by atoms with Crippen molar-refractivity contribution >= 4 is 41.8 Å². The fraction of sp³-hybridized carbons (Fsp3) is 0.538. The van der Waals surface area contributed by atoms with Crippen molar-refractivity contribution in [1.29, 1.82) is 0 Å². The summed E-state index contributed by atoms with van der Waals surface area (Å²) in [6.45, 7) is 1.03. The largest absolute Gasteiger partial charge is 0.513 e. The Hall–Kier alpha value is -5.09. The molecule has 1 amide bonds. The van der Waals surface area contributed by atoms with Crippen LogP contribution in [0.5, 0.6) is 5.75 Å². The van der Waals surface area contributed by atoms with Gasteiger partial charge in [0.1, 0.15) is 12.4 Å². The molecule has 1 aromatic rings. The highest BCUT2D eigenvalue weighted by Crippen LogP contribution is 2.69. The number of alkyl halides is 1. The van der Waals surface area contributed by atoms with Gasteiger partial charge in [0.05, 0.1) is 30.8 Å². The molecule has 3 saturated carbocycles. The van der Waals surface area contributed by atoms with E-state index in [2.05, 4.69) is 4.84 Å². The lowest BCUT2D eigenvalue weighted by Gasteiger charge is -2.62. The lowest BCUT2D eigenvalue weighted by Crippen LogP contribution is -2.69. The van der Waals surface area contributed by atoms with Crippen molar-refractivity contribution in [3.63, 3.8) is 0 Å². The van der Waals surface area contributed by atoms with Crippen molar-refractivity contribution in [1.82, 2.24) is 10.7 Å². The van der Waals surface area contributed by atoms with Gasteiger partial charge in [0, 0.05) is 22.8 Å². The molecule has 4 aliphatic carbocycles. The lowest BCUT2D eigenvalue weighted by molar-refractivity contribution is -0.492. The van der Waals surface area contributed by atoms with Crippen LogP contribution in [0.25, 0.3) is 6.08 Å². The second-order valence-electron chi connectivity index (χ2n) is 15.3. The number of ketones is 2. The molecule has 5 rings (SSSR count). The van der Waals surface area contributed by atoms with Crippen LogP contribution >= 0.6 is 0 Å². The number of amides is 1. The number of carbonyl (C=O) groups excluding carboxylic acids is 5. The van der Waals surface area contributed by atoms with Crippen LogP contribution < -0.4 is 10.1 Å². The second-order valence-corrected chi connectivity index (χ2v) is 15.3. The van der Waals surface area contributed by atoms with Crippen LogP contribution in [0.3, 0.4) is 0 Å². The maximum atomic E-state index is 17.3. The van der Waals surface area contributed by atoms with Gasteiger partial charge in [-0.1, -0.05) is 30.7 Å². The highest BCUT2D eigenvalue weighted by atomic mass is 19.1. The molecule has 7 N–H and O–H groups in total. The van der Waals surface area contributed by atoms with Gasteiger partial charge in [0.25, 0.3) is 0 Å². The predicted molar refractivity (Wildman–Crippen MR) is 195 cm³/mol. The molecule has 0 saturated heterocycles. The SMILES string of the molecule is C[C@]12C[C@H](O)[C@@]3(F)[C@@H](CCC4=CC(=O)C=C[C@@]43C)[C@@H]1C[C@@H](O)C2(O)C(=O)COC(=O)NC(COC(=O)Oc1ccc(/C=C/C(=O)OCCCCON(O)O)cc1)C(=O)O. The van der Waals surface area contributed by atoms with Gasteiger partial charge in [-0.15, -0.1) is 0 Å². The molecule has 0 spiro atoms. The smallest absolute Gasteiger partial charge is 0.480 e. The third-order valence-electron chi connectivity index (χ3n) is 12.1. The molecule has 0 aromatic heterocycles. The fourth-order valence-corrected chi connectivity index (χ4v) is 8.99. The number of benzene rings is 1. The summed E-state index contributed by atoms with van der Waals surface area (Å²) >= 11 is 0. The maximum Gasteiger partial charge on any atom is 0.513 e. The third-order valence-corrected chi connectivity index (χ3v) is 12.1. The molecule has 59 heavy (non-hydrogen) atoms. The topological polar surface area (TPSA) is 285 Å². The van der Waals surface area contributed by atoms with E-state index >= 15 is 4.39 Å². The minimum Gasteiger partial charge on any atom is -0.480 e. The summed E-state index contributed by atoms with van der Waals surface area (Å²) < 4.78 is 37.1. The second kappa shape index (κ2) is 18.0. The van der Waals surface area contributed by atoms with Gasteiger partial charge in [-0.2, -0.15) is 0 Å². The number of aliphatic hydroxyl groups excluding tert-OH is 2. The van der Waals surface area contributed by atoms with E-state index in [-0.39, 0.29) is 37.6 Å². The monoisotopic (exact) mass is 834 g/mol. The number of aliphatic carboxylic acids is 1. The van der Waals surface area contributed by atoms with Gasteiger partial charge >= 0.3 is 24.2 Å². The molecule has 4 aliphatic rings. The zero-order valence-corrected chi connectivity index (χ0v) is 32.2. The standard InChI is InChI=1S/C39H47FN2O17/c1-36-14-13-24(43)17-23(36)8-11-26-27-18-29(44)39(52,37(27,2)19-30(45)38(26,36)40)31(46)21-56-34(50)41-28(33(48)49)20-57-35(51)59-25-9-5-22(6-10-25)7-12-32(47)55-15-3-4-16-58-42(53)54/h5-7,9-10,12-14,17,26-30,44-45,52-54H,3-4,8,11,15-16,18-21H2,1-2H3,(H,41,50)(H,48,49)/b12-7+/t26-,27-,28?,29+,30-,36-,37-,38-,39?/m0/s1. The van der Waals surface area contributed by atoms with E-state index in [0.717, 1.165) is 6.08 Å². The number of rotatable bonds is 16. The highest BCUT2D eigenvalue weighted by Gasteiger charge is 2.76. The zero-order chi connectivity index (χ0) is 43.3. The van der Waals surface area contributed by atoms with Crippen molar-refractivity contribution in [2.24, 2.45) is 22.7 Å². The van der Waals surface area contributed by atoms with E-state index < -0.39 is 107 Å². The molecular weight excluding hydrogens is 787 g/mol. The van der Waals surface area contributed by atoms with Crippen molar-refractivity contribution in [3.05, 3.63) is 59.7 Å². The van der Waals surface area contributed by atoms with E-state index in [4.69, 9.17) is 29.4 Å². The van der Waals surface area contributed by atoms with E-state index in [1.54, 1.807) is 6.92 Å². The number of halogens is 1. The number of Topliss-reactive ketones (excluding diaryl/α,β-unsaturated/α-hetero) is 1. The Kier molecular flexibility index (Phi) is 13.8. The Balaban J connectivity index is 1.10. The number of hydrogen-bond acceptors (Lipinski definition) is 17. The molecule has 1 aromatic carbocycles. The molecule has 3 fully saturated rings. The molecule has 0 bridgehead atoms. The average Bonchev–Trinajstić information content (AvgIpc) is 3.38. The third kappa shape index (κ3) is 9.08. The van der Waals surface area contributed by atoms with Crippen LogP contribution in [0.2, 0.25) is 0 Å². The number of alkyl carbamates (subject to hydrolysis) is 1. The van der Waals surface area contributed by atoms with Gasteiger partial charge in [0.15, 0.2) is 29.7 Å². The molecule has 0 radical (unpaired) electrons.